The van der Waals surface area contributed by atoms with Crippen molar-refractivity contribution in [3.63, 3.8) is 0 Å². The highest BCUT2D eigenvalue weighted by Gasteiger charge is 2.24. The Kier molecular flexibility index (Phi) is 6.65. The van der Waals surface area contributed by atoms with Gasteiger partial charge in [-0.25, -0.2) is 12.8 Å². The van der Waals surface area contributed by atoms with Crippen LogP contribution in [0.4, 0.5) is 4.39 Å². The molecule has 0 aliphatic rings. The molecule has 7 heteroatoms. The lowest BCUT2D eigenvalue weighted by atomic mass is 9.94. The van der Waals surface area contributed by atoms with E-state index in [0.29, 0.717) is 5.56 Å². The largest absolute Gasteiger partial charge is 0.386 e. The number of benzene rings is 2. The number of rotatable bonds is 7. The smallest absolute Gasteiger partial charge is 0.180 e. The maximum Gasteiger partial charge on any atom is 0.180 e. The fraction of sp³-hybridized carbons (Fsp3) is 0.360. The van der Waals surface area contributed by atoms with Gasteiger partial charge in [0.25, 0.3) is 0 Å². The number of nitrogens with two attached hydrogens (primary N) is 1. The van der Waals surface area contributed by atoms with Crippen molar-refractivity contribution < 1.29 is 17.9 Å². The Labute approximate surface area is 189 Å². The Morgan fingerprint density at radius 1 is 1.22 bits per heavy atom. The zero-order valence-corrected chi connectivity index (χ0v) is 20.0. The standard InChI is InChI=1S/C25H31FN2O3S/c1-16(2)32(30,31)21-8-6-7-18(13-21)24-17(3)28(15-20(26)11-12-27)23-10-9-19(14-22(23)24)25(4,5)29/h6-11,13-14,16,29H,12,15,27H2,1-5H3/b20-11-. The number of fused-ring (bicyclic) bond motifs is 1. The second-order valence-corrected chi connectivity index (χ2v) is 11.4. The van der Waals surface area contributed by atoms with Gasteiger partial charge in [0.1, 0.15) is 5.83 Å². The van der Waals surface area contributed by atoms with E-state index in [0.717, 1.165) is 27.7 Å². The van der Waals surface area contributed by atoms with Crippen LogP contribution in [0.25, 0.3) is 22.0 Å². The molecule has 0 bridgehead atoms. The van der Waals surface area contributed by atoms with Crippen LogP contribution in [0.1, 0.15) is 39.0 Å². The number of sulfone groups is 1. The van der Waals surface area contributed by atoms with Crippen LogP contribution in [0.3, 0.4) is 0 Å². The van der Waals surface area contributed by atoms with Crippen molar-refractivity contribution in [2.24, 2.45) is 5.73 Å². The molecule has 0 radical (unpaired) electrons. The summed E-state index contributed by atoms with van der Waals surface area (Å²) in [7, 11) is -3.45. The SMILES string of the molecule is Cc1c(-c2cccc(S(=O)(=O)C(C)C)c2)c2cc(C(C)(C)O)ccc2n1C/C(F)=C/CN. The summed E-state index contributed by atoms with van der Waals surface area (Å²) in [5.41, 5.74) is 8.26. The predicted octanol–water partition coefficient (Wildman–Crippen LogP) is 4.84. The highest BCUT2D eigenvalue weighted by atomic mass is 32.2. The molecule has 5 nitrogen and oxygen atoms in total. The van der Waals surface area contributed by atoms with Gasteiger partial charge in [0.15, 0.2) is 9.84 Å². The summed E-state index contributed by atoms with van der Waals surface area (Å²) in [5, 5.41) is 10.8. The molecule has 1 heterocycles. The molecule has 32 heavy (non-hydrogen) atoms. The lowest BCUT2D eigenvalue weighted by Gasteiger charge is -2.18. The Morgan fingerprint density at radius 2 is 1.91 bits per heavy atom. The lowest BCUT2D eigenvalue weighted by Crippen LogP contribution is -2.15. The van der Waals surface area contributed by atoms with E-state index in [9.17, 15) is 17.9 Å². The molecule has 0 atom stereocenters. The first-order valence-electron chi connectivity index (χ1n) is 10.6. The number of aromatic nitrogens is 1. The lowest BCUT2D eigenvalue weighted by molar-refractivity contribution is 0.0787. The van der Waals surface area contributed by atoms with Crippen molar-refractivity contribution in [2.75, 3.05) is 6.54 Å². The third-order valence-corrected chi connectivity index (χ3v) is 7.90. The first-order chi connectivity index (χ1) is 14.9. The third kappa shape index (κ3) is 4.51. The van der Waals surface area contributed by atoms with Crippen molar-refractivity contribution in [3.05, 3.63) is 65.6 Å². The quantitative estimate of drug-likeness (QED) is 0.531. The van der Waals surface area contributed by atoms with Gasteiger partial charge in [0.05, 0.1) is 22.3 Å². The van der Waals surface area contributed by atoms with Gasteiger partial charge in [-0.2, -0.15) is 0 Å². The van der Waals surface area contributed by atoms with Crippen molar-refractivity contribution in [3.8, 4) is 11.1 Å². The van der Waals surface area contributed by atoms with Gasteiger partial charge in [-0.3, -0.25) is 0 Å². The summed E-state index contributed by atoms with van der Waals surface area (Å²) in [6, 6.07) is 12.4. The molecule has 0 saturated carbocycles. The molecule has 0 unspecified atom stereocenters. The minimum Gasteiger partial charge on any atom is -0.386 e. The number of halogens is 1. The Bertz CT molecular complexity index is 1280. The van der Waals surface area contributed by atoms with Gasteiger partial charge in [-0.05, 0) is 76.1 Å². The molecular formula is C25H31FN2O3S. The molecule has 0 amide bonds. The Morgan fingerprint density at radius 3 is 2.50 bits per heavy atom. The first kappa shape index (κ1) is 24.2. The summed E-state index contributed by atoms with van der Waals surface area (Å²) in [6.45, 7) is 8.73. The van der Waals surface area contributed by atoms with E-state index in [4.69, 9.17) is 5.73 Å². The Balaban J connectivity index is 2.33. The molecule has 172 valence electrons. The van der Waals surface area contributed by atoms with E-state index in [1.165, 1.54) is 6.08 Å². The number of nitrogens with zero attached hydrogens (tertiary/aromatic N) is 1. The highest BCUT2D eigenvalue weighted by Crippen LogP contribution is 2.38. The van der Waals surface area contributed by atoms with Crippen LogP contribution in [0.5, 0.6) is 0 Å². The maximum atomic E-state index is 14.4. The zero-order valence-electron chi connectivity index (χ0n) is 19.2. The second kappa shape index (κ2) is 8.81. The van der Waals surface area contributed by atoms with E-state index in [1.807, 2.05) is 35.8 Å². The highest BCUT2D eigenvalue weighted by molar-refractivity contribution is 7.92. The predicted molar refractivity (Wildman–Crippen MR) is 128 cm³/mol. The number of hydrogen-bond donors (Lipinski definition) is 2. The molecule has 2 aromatic carbocycles. The van der Waals surface area contributed by atoms with Gasteiger partial charge in [0.2, 0.25) is 0 Å². The summed E-state index contributed by atoms with van der Waals surface area (Å²) >= 11 is 0. The molecular weight excluding hydrogens is 427 g/mol. The van der Waals surface area contributed by atoms with E-state index < -0.39 is 20.7 Å². The fourth-order valence-corrected chi connectivity index (χ4v) is 4.98. The van der Waals surface area contributed by atoms with Crippen molar-refractivity contribution in [2.45, 2.75) is 56.9 Å². The van der Waals surface area contributed by atoms with Crippen LogP contribution >= 0.6 is 0 Å². The van der Waals surface area contributed by atoms with Gasteiger partial charge in [0, 0.05) is 28.7 Å². The van der Waals surface area contributed by atoms with Crippen LogP contribution < -0.4 is 5.73 Å². The van der Waals surface area contributed by atoms with Crippen LogP contribution in [0.2, 0.25) is 0 Å². The summed E-state index contributed by atoms with van der Waals surface area (Å²) < 4.78 is 41.8. The van der Waals surface area contributed by atoms with Gasteiger partial charge in [-0.1, -0.05) is 18.2 Å². The zero-order chi connectivity index (χ0) is 23.8. The first-order valence-corrected chi connectivity index (χ1v) is 12.2. The monoisotopic (exact) mass is 458 g/mol. The maximum absolute atomic E-state index is 14.4. The summed E-state index contributed by atoms with van der Waals surface area (Å²) in [4.78, 5) is 0.248. The minimum atomic E-state index is -3.45. The average Bonchev–Trinajstić information content (AvgIpc) is 2.98. The molecule has 3 aromatic rings. The second-order valence-electron chi connectivity index (χ2n) is 8.85. The van der Waals surface area contributed by atoms with Gasteiger partial charge < -0.3 is 15.4 Å². The average molecular weight is 459 g/mol. The van der Waals surface area contributed by atoms with Crippen molar-refractivity contribution >= 4 is 20.7 Å². The Hall–Kier alpha value is -2.48. The van der Waals surface area contributed by atoms with Crippen LogP contribution in [0.15, 0.2) is 59.3 Å². The molecule has 1 aromatic heterocycles. The summed E-state index contributed by atoms with van der Waals surface area (Å²) in [6.07, 6.45) is 1.34. The molecule has 0 spiro atoms. The molecule has 0 saturated heterocycles. The van der Waals surface area contributed by atoms with Crippen LogP contribution in [-0.2, 0) is 22.0 Å². The van der Waals surface area contributed by atoms with Gasteiger partial charge >= 0.3 is 0 Å². The van der Waals surface area contributed by atoms with E-state index in [1.54, 1.807) is 45.9 Å². The van der Waals surface area contributed by atoms with Crippen molar-refractivity contribution in [1.29, 1.82) is 0 Å². The van der Waals surface area contributed by atoms with Crippen LogP contribution in [-0.4, -0.2) is 29.9 Å². The molecule has 3 rings (SSSR count). The number of hydrogen-bond acceptors (Lipinski definition) is 4. The third-order valence-electron chi connectivity index (χ3n) is 5.75. The molecule has 0 aliphatic heterocycles. The van der Waals surface area contributed by atoms with E-state index in [-0.39, 0.29) is 23.8 Å². The van der Waals surface area contributed by atoms with Crippen molar-refractivity contribution in [1.82, 2.24) is 4.57 Å². The van der Waals surface area contributed by atoms with Gasteiger partial charge in [-0.15, -0.1) is 0 Å². The number of allylic oxidation sites excluding steroid dienone is 1. The summed E-state index contributed by atoms with van der Waals surface area (Å²) in [5.74, 6) is -0.346. The van der Waals surface area contributed by atoms with E-state index >= 15 is 0 Å². The fourth-order valence-electron chi connectivity index (χ4n) is 3.88. The topological polar surface area (TPSA) is 85.3 Å². The minimum absolute atomic E-state index is 0.0192. The molecule has 3 N–H and O–H groups in total. The molecule has 0 aliphatic carbocycles. The van der Waals surface area contributed by atoms with Crippen LogP contribution in [0, 0.1) is 6.92 Å². The van der Waals surface area contributed by atoms with E-state index in [2.05, 4.69) is 0 Å². The normalized spacial score (nSPS) is 13.3. The number of aliphatic hydroxyl groups is 1. The molecule has 0 fully saturated rings.